The van der Waals surface area contributed by atoms with Gasteiger partial charge in [-0.15, -0.1) is 0 Å². The van der Waals surface area contributed by atoms with Crippen molar-refractivity contribution in [3.8, 4) is 0 Å². The highest BCUT2D eigenvalue weighted by atomic mass is 127. The van der Waals surface area contributed by atoms with Crippen LogP contribution in [0.15, 0.2) is 91.0 Å². The smallest absolute Gasteiger partial charge is 0.157 e. The van der Waals surface area contributed by atoms with Crippen molar-refractivity contribution in [2.75, 3.05) is 19.4 Å². The fourth-order valence-corrected chi connectivity index (χ4v) is 8.80. The molecule has 1 saturated heterocycles. The maximum Gasteiger partial charge on any atom is 0.157 e. The lowest BCUT2D eigenvalue weighted by molar-refractivity contribution is -0.162. The second-order valence-electron chi connectivity index (χ2n) is 7.91. The summed E-state index contributed by atoms with van der Waals surface area (Å²) in [6.45, 7) is 1.62. The number of benzene rings is 3. The van der Waals surface area contributed by atoms with Crippen molar-refractivity contribution < 1.29 is 33.5 Å². The summed E-state index contributed by atoms with van der Waals surface area (Å²) in [7, 11) is -1.71. The third-order valence-corrected chi connectivity index (χ3v) is 10.4. The molecule has 0 radical (unpaired) electrons. The van der Waals surface area contributed by atoms with Crippen LogP contribution in [-0.2, 0) is 9.47 Å². The molecule has 1 heterocycles. The first-order chi connectivity index (χ1) is 14.9. The van der Waals surface area contributed by atoms with Crippen LogP contribution < -0.4 is 39.9 Å². The number of unbranched alkanes of at least 4 members (excludes halogenated alkanes) is 1. The van der Waals surface area contributed by atoms with Crippen LogP contribution in [0, 0.1) is 0 Å². The number of halogens is 1. The fourth-order valence-electron chi connectivity index (χ4n) is 4.39. The van der Waals surface area contributed by atoms with Crippen molar-refractivity contribution in [2.45, 2.75) is 38.4 Å². The minimum Gasteiger partial charge on any atom is -1.00 e. The molecular weight excluding hydrogens is 514 g/mol. The highest BCUT2D eigenvalue weighted by Gasteiger charge is 2.44. The van der Waals surface area contributed by atoms with Crippen molar-refractivity contribution in [3.05, 3.63) is 91.0 Å². The highest BCUT2D eigenvalue weighted by Crippen LogP contribution is 2.55. The molecule has 0 amide bonds. The Kier molecular flexibility index (Phi) is 9.98. The van der Waals surface area contributed by atoms with Crippen LogP contribution in [0.4, 0.5) is 0 Å². The van der Waals surface area contributed by atoms with Crippen molar-refractivity contribution in [2.24, 2.45) is 0 Å². The van der Waals surface area contributed by atoms with Gasteiger partial charge in [-0.3, -0.25) is 0 Å². The Balaban J connectivity index is 0.00000272. The van der Waals surface area contributed by atoms with Crippen molar-refractivity contribution in [3.63, 3.8) is 0 Å². The predicted molar refractivity (Wildman–Crippen MR) is 129 cm³/mol. The van der Waals surface area contributed by atoms with E-state index in [1.165, 1.54) is 22.3 Å². The Morgan fingerprint density at radius 1 is 0.710 bits per heavy atom. The second-order valence-corrected chi connectivity index (χ2v) is 11.5. The molecule has 1 fully saturated rings. The van der Waals surface area contributed by atoms with Crippen LogP contribution in [0.25, 0.3) is 0 Å². The van der Waals surface area contributed by atoms with Gasteiger partial charge in [-0.05, 0) is 68.5 Å². The molecule has 3 aromatic carbocycles. The average molecular weight is 546 g/mol. The topological polar surface area (TPSA) is 18.5 Å². The molecule has 0 aliphatic carbocycles. The highest BCUT2D eigenvalue weighted by molar-refractivity contribution is 7.95. The van der Waals surface area contributed by atoms with Gasteiger partial charge in [-0.1, -0.05) is 54.6 Å². The van der Waals surface area contributed by atoms with Gasteiger partial charge in [0, 0.05) is 13.2 Å². The molecule has 31 heavy (non-hydrogen) atoms. The Bertz CT molecular complexity index is 771. The molecule has 2 nitrogen and oxygen atoms in total. The van der Waals surface area contributed by atoms with Gasteiger partial charge < -0.3 is 33.5 Å². The summed E-state index contributed by atoms with van der Waals surface area (Å²) in [5, 5.41) is 4.37. The maximum absolute atomic E-state index is 6.00. The first-order valence-corrected chi connectivity index (χ1v) is 13.2. The minimum atomic E-state index is -1.71. The molecule has 3 aromatic rings. The van der Waals surface area contributed by atoms with Crippen molar-refractivity contribution >= 4 is 23.2 Å². The van der Waals surface area contributed by atoms with E-state index in [1.807, 2.05) is 0 Å². The lowest BCUT2D eigenvalue weighted by Crippen LogP contribution is -3.00. The van der Waals surface area contributed by atoms with Gasteiger partial charge in [0.2, 0.25) is 0 Å². The maximum atomic E-state index is 6.00. The zero-order valence-corrected chi connectivity index (χ0v) is 21.1. The first kappa shape index (κ1) is 24.4. The molecule has 1 atom stereocenters. The molecule has 0 saturated carbocycles. The number of rotatable bonds is 9. The van der Waals surface area contributed by atoms with E-state index in [0.717, 1.165) is 45.1 Å². The zero-order valence-electron chi connectivity index (χ0n) is 18.0. The molecule has 1 aliphatic heterocycles. The molecule has 0 spiro atoms. The van der Waals surface area contributed by atoms with Gasteiger partial charge in [0.15, 0.2) is 6.29 Å². The predicted octanol–water partition coefficient (Wildman–Crippen LogP) is 2.31. The van der Waals surface area contributed by atoms with E-state index >= 15 is 0 Å². The van der Waals surface area contributed by atoms with E-state index < -0.39 is 7.26 Å². The van der Waals surface area contributed by atoms with Crippen LogP contribution in [0.3, 0.4) is 0 Å². The summed E-state index contributed by atoms with van der Waals surface area (Å²) >= 11 is 0. The zero-order chi connectivity index (χ0) is 20.5. The summed E-state index contributed by atoms with van der Waals surface area (Å²) in [5.41, 5.74) is 0. The minimum absolute atomic E-state index is 0. The Morgan fingerprint density at radius 3 is 1.68 bits per heavy atom. The van der Waals surface area contributed by atoms with E-state index in [9.17, 15) is 0 Å². The van der Waals surface area contributed by atoms with Gasteiger partial charge in [0.05, 0.1) is 6.16 Å². The monoisotopic (exact) mass is 546 g/mol. The molecule has 1 aliphatic rings. The lowest BCUT2D eigenvalue weighted by Gasteiger charge is -2.28. The largest absolute Gasteiger partial charge is 1.00 e. The summed E-state index contributed by atoms with van der Waals surface area (Å²) in [6.07, 6.45) is 6.78. The summed E-state index contributed by atoms with van der Waals surface area (Å²) < 4.78 is 11.7. The molecular formula is C27H32IO2P. The van der Waals surface area contributed by atoms with Crippen molar-refractivity contribution in [1.29, 1.82) is 0 Å². The lowest BCUT2D eigenvalue weighted by atomic mass is 10.2. The van der Waals surface area contributed by atoms with Crippen LogP contribution in [0.2, 0.25) is 0 Å². The molecule has 0 bridgehead atoms. The Labute approximate surface area is 204 Å². The van der Waals surface area contributed by atoms with Crippen LogP contribution in [0.1, 0.15) is 32.1 Å². The van der Waals surface area contributed by atoms with Gasteiger partial charge in [0.25, 0.3) is 0 Å². The van der Waals surface area contributed by atoms with Crippen LogP contribution >= 0.6 is 7.26 Å². The molecule has 4 rings (SSSR count). The fraction of sp³-hybridized carbons (Fsp3) is 0.333. The quantitative estimate of drug-likeness (QED) is 0.233. The molecule has 0 aromatic heterocycles. The molecule has 164 valence electrons. The van der Waals surface area contributed by atoms with Gasteiger partial charge in [-0.2, -0.15) is 0 Å². The summed E-state index contributed by atoms with van der Waals surface area (Å²) in [4.78, 5) is 0. The summed E-state index contributed by atoms with van der Waals surface area (Å²) in [6, 6.07) is 33.3. The van der Waals surface area contributed by atoms with E-state index in [1.54, 1.807) is 0 Å². The SMILES string of the molecule is [I-].c1ccc([P+](CCCCOC2CCCCO2)(c2ccccc2)c2ccccc2)cc1. The van der Waals surface area contributed by atoms with Gasteiger partial charge in [-0.25, -0.2) is 0 Å². The Morgan fingerprint density at radius 2 is 1.23 bits per heavy atom. The van der Waals surface area contributed by atoms with E-state index in [4.69, 9.17) is 9.47 Å². The third-order valence-electron chi connectivity index (χ3n) is 5.92. The van der Waals surface area contributed by atoms with E-state index in [0.29, 0.717) is 0 Å². The van der Waals surface area contributed by atoms with E-state index in [-0.39, 0.29) is 30.3 Å². The Hall–Kier alpha value is -1.26. The summed E-state index contributed by atoms with van der Waals surface area (Å²) in [5.74, 6) is 0. The normalized spacial score (nSPS) is 16.5. The number of ether oxygens (including phenoxy) is 2. The van der Waals surface area contributed by atoms with Crippen LogP contribution in [-0.4, -0.2) is 25.7 Å². The van der Waals surface area contributed by atoms with Gasteiger partial charge in [0.1, 0.15) is 23.2 Å². The molecule has 1 unspecified atom stereocenters. The van der Waals surface area contributed by atoms with Crippen molar-refractivity contribution in [1.82, 2.24) is 0 Å². The third kappa shape index (κ3) is 6.16. The molecule has 0 N–H and O–H groups in total. The van der Waals surface area contributed by atoms with E-state index in [2.05, 4.69) is 91.0 Å². The number of hydrogen-bond donors (Lipinski definition) is 0. The second kappa shape index (κ2) is 12.7. The average Bonchev–Trinajstić information content (AvgIpc) is 2.84. The first-order valence-electron chi connectivity index (χ1n) is 11.2. The molecule has 4 heteroatoms. The number of hydrogen-bond acceptors (Lipinski definition) is 2. The standard InChI is InChI=1S/C27H32O2P.HI/c1-4-14-24(15-5-1)30(25-16-6-2-7-17-25,26-18-8-3-9-19-26)23-13-12-22-29-27-20-10-11-21-28-27;/h1-9,14-19,27H,10-13,20-23H2;1H/q+1;/p-1. The van der Waals surface area contributed by atoms with Crippen LogP contribution in [0.5, 0.6) is 0 Å². The van der Waals surface area contributed by atoms with Gasteiger partial charge >= 0.3 is 0 Å².